The molecule has 0 bridgehead atoms. The number of carbonyl (C=O) groups is 1. The van der Waals surface area contributed by atoms with E-state index in [1.807, 2.05) is 6.07 Å². The van der Waals surface area contributed by atoms with E-state index in [1.165, 1.54) is 6.07 Å². The maximum Gasteiger partial charge on any atom is 0.303 e. The van der Waals surface area contributed by atoms with Gasteiger partial charge in [-0.15, -0.1) is 0 Å². The monoisotopic (exact) mass is 524 g/mol. The van der Waals surface area contributed by atoms with Gasteiger partial charge in [0.1, 0.15) is 18.2 Å². The van der Waals surface area contributed by atoms with Gasteiger partial charge in [-0.1, -0.05) is 57.5 Å². The molecule has 0 aliphatic heterocycles. The molecule has 3 aromatic carbocycles. The van der Waals surface area contributed by atoms with E-state index in [2.05, 4.69) is 20.8 Å². The molecule has 1 aliphatic carbocycles. The lowest BCUT2D eigenvalue weighted by Crippen LogP contribution is -2.15. The Morgan fingerprint density at radius 2 is 1.82 bits per heavy atom. The Labute approximate surface area is 222 Å². The minimum absolute atomic E-state index is 0.0603. The van der Waals surface area contributed by atoms with Gasteiger partial charge in [-0.25, -0.2) is 13.2 Å². The second-order valence-electron chi connectivity index (χ2n) is 11.2. The maximum absolute atomic E-state index is 15.4. The predicted molar refractivity (Wildman–Crippen MR) is 143 cm³/mol. The molecule has 1 saturated carbocycles. The summed E-state index contributed by atoms with van der Waals surface area (Å²) in [5, 5.41) is 9.31. The molecule has 0 amide bonds. The fourth-order valence-corrected chi connectivity index (χ4v) is 5.43. The van der Waals surface area contributed by atoms with Crippen molar-refractivity contribution in [2.75, 3.05) is 0 Å². The Balaban J connectivity index is 1.62. The molecule has 0 radical (unpaired) electrons. The van der Waals surface area contributed by atoms with Gasteiger partial charge < -0.3 is 9.84 Å². The van der Waals surface area contributed by atoms with Gasteiger partial charge in [0.15, 0.2) is 11.6 Å². The number of carboxylic acids is 1. The minimum atomic E-state index is -0.944. The number of hydrogen-bond acceptors (Lipinski definition) is 2. The lowest BCUT2D eigenvalue weighted by Gasteiger charge is -2.26. The first-order valence-electron chi connectivity index (χ1n) is 13.3. The van der Waals surface area contributed by atoms with E-state index in [9.17, 15) is 18.7 Å². The summed E-state index contributed by atoms with van der Waals surface area (Å²) >= 11 is 0. The zero-order valence-electron chi connectivity index (χ0n) is 22.2. The Morgan fingerprint density at radius 1 is 1.05 bits per heavy atom. The molecule has 6 heteroatoms. The summed E-state index contributed by atoms with van der Waals surface area (Å²) in [6.07, 6.45) is 4.31. The Morgan fingerprint density at radius 3 is 2.50 bits per heavy atom. The summed E-state index contributed by atoms with van der Waals surface area (Å²) in [4.78, 5) is 11.4. The second kappa shape index (κ2) is 11.6. The van der Waals surface area contributed by atoms with Crippen molar-refractivity contribution in [2.45, 2.75) is 71.8 Å². The van der Waals surface area contributed by atoms with Gasteiger partial charge in [0, 0.05) is 11.5 Å². The zero-order chi connectivity index (χ0) is 27.4. The van der Waals surface area contributed by atoms with Crippen molar-refractivity contribution < 1.29 is 27.8 Å². The Kier molecular flexibility index (Phi) is 8.49. The smallest absolute Gasteiger partial charge is 0.303 e. The first-order valence-corrected chi connectivity index (χ1v) is 13.3. The molecule has 1 unspecified atom stereocenters. The van der Waals surface area contributed by atoms with Crippen molar-refractivity contribution >= 4 is 5.97 Å². The number of ether oxygens (including phenoxy) is 1. The fourth-order valence-electron chi connectivity index (χ4n) is 5.43. The molecule has 1 atom stereocenters. The first kappa shape index (κ1) is 27.7. The Hall–Kier alpha value is -3.28. The number of halogens is 3. The molecule has 0 spiro atoms. The van der Waals surface area contributed by atoms with Gasteiger partial charge >= 0.3 is 5.97 Å². The van der Waals surface area contributed by atoms with E-state index in [0.29, 0.717) is 17.5 Å². The van der Waals surface area contributed by atoms with Crippen LogP contribution in [-0.2, 0) is 17.8 Å². The van der Waals surface area contributed by atoms with Gasteiger partial charge in [-0.2, -0.15) is 0 Å². The number of benzene rings is 3. The van der Waals surface area contributed by atoms with Gasteiger partial charge in [-0.3, -0.25) is 4.79 Å². The van der Waals surface area contributed by atoms with Crippen molar-refractivity contribution in [3.63, 3.8) is 0 Å². The molecule has 202 valence electrons. The topological polar surface area (TPSA) is 46.5 Å². The summed E-state index contributed by atoms with van der Waals surface area (Å²) in [7, 11) is 0. The maximum atomic E-state index is 15.4. The third-order valence-corrected chi connectivity index (χ3v) is 7.36. The highest BCUT2D eigenvalue weighted by atomic mass is 19.1. The third-order valence-electron chi connectivity index (χ3n) is 7.36. The number of aliphatic carboxylic acids is 1. The summed E-state index contributed by atoms with van der Waals surface area (Å²) in [6, 6.07) is 13.8. The van der Waals surface area contributed by atoms with Crippen LogP contribution in [0.25, 0.3) is 11.1 Å². The molecular weight excluding hydrogens is 489 g/mol. The van der Waals surface area contributed by atoms with E-state index in [0.717, 1.165) is 48.9 Å². The number of carboxylic acid groups (broad SMARTS) is 1. The lowest BCUT2D eigenvalue weighted by molar-refractivity contribution is -0.137. The molecular formula is C32H35F3O3. The SMILES string of the molecule is CCCC(C)(C)Cc1cc(COc2cccc(C(CC(=O)O)C3CC3)c2F)ccc1-c1cc(F)ccc1F. The number of hydrogen-bond donors (Lipinski definition) is 1. The highest BCUT2D eigenvalue weighted by Crippen LogP contribution is 2.46. The van der Waals surface area contributed by atoms with Gasteiger partial charge in [0.25, 0.3) is 0 Å². The molecule has 1 aliphatic rings. The van der Waals surface area contributed by atoms with Crippen LogP contribution in [0.3, 0.4) is 0 Å². The Bertz CT molecular complexity index is 1300. The van der Waals surface area contributed by atoms with E-state index in [-0.39, 0.29) is 41.6 Å². The van der Waals surface area contributed by atoms with Crippen LogP contribution >= 0.6 is 0 Å². The molecule has 3 nitrogen and oxygen atoms in total. The minimum Gasteiger partial charge on any atom is -0.486 e. The zero-order valence-corrected chi connectivity index (χ0v) is 22.2. The summed E-state index contributed by atoms with van der Waals surface area (Å²) < 4.78 is 50.0. The van der Waals surface area contributed by atoms with Crippen molar-refractivity contribution in [1.82, 2.24) is 0 Å². The number of rotatable bonds is 12. The molecule has 38 heavy (non-hydrogen) atoms. The average molecular weight is 525 g/mol. The average Bonchev–Trinajstić information content (AvgIpc) is 3.69. The highest BCUT2D eigenvalue weighted by molar-refractivity contribution is 5.69. The molecule has 1 N–H and O–H groups in total. The molecule has 0 aromatic heterocycles. The van der Waals surface area contributed by atoms with E-state index in [1.54, 1.807) is 30.3 Å². The highest BCUT2D eigenvalue weighted by Gasteiger charge is 2.35. The van der Waals surface area contributed by atoms with Crippen LogP contribution in [0.2, 0.25) is 0 Å². The summed E-state index contributed by atoms with van der Waals surface area (Å²) in [6.45, 7) is 6.51. The van der Waals surface area contributed by atoms with Crippen molar-refractivity contribution in [2.24, 2.45) is 11.3 Å². The van der Waals surface area contributed by atoms with Crippen LogP contribution in [0.4, 0.5) is 13.2 Å². The van der Waals surface area contributed by atoms with Crippen LogP contribution in [0, 0.1) is 28.8 Å². The molecule has 4 rings (SSSR count). The molecule has 0 heterocycles. The van der Waals surface area contributed by atoms with Crippen LogP contribution < -0.4 is 4.74 Å². The van der Waals surface area contributed by atoms with Crippen molar-refractivity contribution in [1.29, 1.82) is 0 Å². The molecule has 3 aromatic rings. The van der Waals surface area contributed by atoms with Gasteiger partial charge in [0.05, 0.1) is 6.42 Å². The van der Waals surface area contributed by atoms with Gasteiger partial charge in [0.2, 0.25) is 0 Å². The third kappa shape index (κ3) is 6.77. The van der Waals surface area contributed by atoms with Gasteiger partial charge in [-0.05, 0) is 83.5 Å². The van der Waals surface area contributed by atoms with Crippen LogP contribution in [-0.4, -0.2) is 11.1 Å². The van der Waals surface area contributed by atoms with E-state index >= 15 is 4.39 Å². The quantitative estimate of drug-likeness (QED) is 0.258. The summed E-state index contributed by atoms with van der Waals surface area (Å²) in [5.74, 6) is -2.57. The standard InChI is InChI=1S/C32H35F3O3/c1-4-14-32(2,3)18-22-15-20(8-12-24(22)27-16-23(33)11-13-28(27)34)19-38-29-7-5-6-25(31(29)35)26(17-30(36)37)21-9-10-21/h5-8,11-13,15-16,21,26H,4,9-10,14,17-19H2,1-3H3,(H,36,37). The largest absolute Gasteiger partial charge is 0.486 e. The fraction of sp³-hybridized carbons (Fsp3) is 0.406. The van der Waals surface area contributed by atoms with Crippen LogP contribution in [0.15, 0.2) is 54.6 Å². The molecule has 0 saturated heterocycles. The van der Waals surface area contributed by atoms with Crippen molar-refractivity contribution in [3.8, 4) is 16.9 Å². The molecule has 1 fully saturated rings. The lowest BCUT2D eigenvalue weighted by atomic mass is 9.79. The van der Waals surface area contributed by atoms with E-state index < -0.39 is 23.4 Å². The van der Waals surface area contributed by atoms with Crippen LogP contribution in [0.1, 0.15) is 75.5 Å². The normalized spacial score (nSPS) is 14.4. The van der Waals surface area contributed by atoms with Crippen LogP contribution in [0.5, 0.6) is 5.75 Å². The second-order valence-corrected chi connectivity index (χ2v) is 11.2. The van der Waals surface area contributed by atoms with Crippen molar-refractivity contribution in [3.05, 3.63) is 88.7 Å². The summed E-state index contributed by atoms with van der Waals surface area (Å²) in [5.41, 5.74) is 2.81. The van der Waals surface area contributed by atoms with E-state index in [4.69, 9.17) is 4.74 Å². The predicted octanol–water partition coefficient (Wildman–Crippen LogP) is 8.69. The first-order chi connectivity index (χ1) is 18.1.